The summed E-state index contributed by atoms with van der Waals surface area (Å²) >= 11 is 1.74. The summed E-state index contributed by atoms with van der Waals surface area (Å²) in [6, 6.07) is 8.02. The van der Waals surface area contributed by atoms with Crippen LogP contribution in [0.4, 0.5) is 0 Å². The fourth-order valence-electron chi connectivity index (χ4n) is 2.19. The standard InChI is InChI=1S/C18H26N4OS.HI/c1-4-15-12-20-17(24-15)13-22-18(19-5-2)21-11-14-9-7-8-10-16(14)23-6-3;/h7-10,12H,4-6,11,13H2,1-3H3,(H2,19,21,22);1H. The molecule has 2 aromatic rings. The number of halogens is 1. The second-order valence-corrected chi connectivity index (χ2v) is 6.36. The van der Waals surface area contributed by atoms with Gasteiger partial charge in [-0.15, -0.1) is 35.3 Å². The number of nitrogens with one attached hydrogen (secondary N) is 2. The monoisotopic (exact) mass is 474 g/mol. The van der Waals surface area contributed by atoms with Crippen molar-refractivity contribution in [3.63, 3.8) is 0 Å². The molecule has 0 aliphatic rings. The molecule has 5 nitrogen and oxygen atoms in total. The Morgan fingerprint density at radius 1 is 1.20 bits per heavy atom. The van der Waals surface area contributed by atoms with Crippen molar-refractivity contribution in [3.8, 4) is 5.75 Å². The number of hydrogen-bond acceptors (Lipinski definition) is 4. The second-order valence-electron chi connectivity index (χ2n) is 5.16. The maximum Gasteiger partial charge on any atom is 0.191 e. The number of aliphatic imine (C=N–C) groups is 1. The first-order chi connectivity index (χ1) is 11.8. The zero-order chi connectivity index (χ0) is 17.2. The van der Waals surface area contributed by atoms with Gasteiger partial charge in [0, 0.05) is 23.2 Å². The molecule has 0 saturated carbocycles. The van der Waals surface area contributed by atoms with Crippen LogP contribution in [0.3, 0.4) is 0 Å². The number of para-hydroxylation sites is 1. The molecule has 0 aliphatic carbocycles. The first kappa shape index (κ1) is 21.7. The van der Waals surface area contributed by atoms with Gasteiger partial charge < -0.3 is 15.4 Å². The largest absolute Gasteiger partial charge is 0.494 e. The van der Waals surface area contributed by atoms with E-state index in [1.54, 1.807) is 11.3 Å². The van der Waals surface area contributed by atoms with Crippen molar-refractivity contribution in [1.82, 2.24) is 15.6 Å². The number of aromatic nitrogens is 1. The summed E-state index contributed by atoms with van der Waals surface area (Å²) in [5.74, 6) is 1.68. The van der Waals surface area contributed by atoms with Crippen molar-refractivity contribution in [2.75, 3.05) is 13.2 Å². The molecular weight excluding hydrogens is 447 g/mol. The van der Waals surface area contributed by atoms with E-state index in [2.05, 4.69) is 34.5 Å². The predicted molar refractivity (Wildman–Crippen MR) is 116 cm³/mol. The van der Waals surface area contributed by atoms with Gasteiger partial charge >= 0.3 is 0 Å². The number of guanidine groups is 1. The van der Waals surface area contributed by atoms with Gasteiger partial charge in [0.1, 0.15) is 10.8 Å². The van der Waals surface area contributed by atoms with E-state index in [4.69, 9.17) is 4.74 Å². The zero-order valence-corrected chi connectivity index (χ0v) is 18.2. The van der Waals surface area contributed by atoms with Crippen LogP contribution in [-0.4, -0.2) is 24.1 Å². The number of benzene rings is 1. The van der Waals surface area contributed by atoms with Crippen LogP contribution in [0.2, 0.25) is 0 Å². The quantitative estimate of drug-likeness (QED) is 0.345. The summed E-state index contributed by atoms with van der Waals surface area (Å²) in [5, 5.41) is 7.69. The normalized spacial score (nSPS) is 10.9. The molecule has 0 amide bonds. The third kappa shape index (κ3) is 7.19. The second kappa shape index (κ2) is 12.1. The number of thiazole rings is 1. The van der Waals surface area contributed by atoms with Gasteiger partial charge in [-0.2, -0.15) is 0 Å². The van der Waals surface area contributed by atoms with Crippen molar-refractivity contribution in [1.29, 1.82) is 0 Å². The fourth-order valence-corrected chi connectivity index (χ4v) is 2.99. The molecule has 0 bridgehead atoms. The number of hydrogen-bond donors (Lipinski definition) is 2. The third-order valence-corrected chi connectivity index (χ3v) is 4.52. The van der Waals surface area contributed by atoms with Crippen molar-refractivity contribution in [3.05, 3.63) is 45.9 Å². The molecule has 0 aliphatic heterocycles. The minimum atomic E-state index is 0. The maximum atomic E-state index is 5.66. The van der Waals surface area contributed by atoms with Gasteiger partial charge in [-0.1, -0.05) is 25.1 Å². The number of aryl methyl sites for hydroxylation is 1. The van der Waals surface area contributed by atoms with Crippen LogP contribution in [0.1, 0.15) is 36.2 Å². The molecule has 7 heteroatoms. The summed E-state index contributed by atoms with van der Waals surface area (Å²) in [5.41, 5.74) is 1.08. The molecule has 138 valence electrons. The van der Waals surface area contributed by atoms with Crippen LogP contribution in [0, 0.1) is 0 Å². The summed E-state index contributed by atoms with van der Waals surface area (Å²) in [6.45, 7) is 8.92. The number of nitrogens with zero attached hydrogens (tertiary/aromatic N) is 2. The zero-order valence-electron chi connectivity index (χ0n) is 15.0. The lowest BCUT2D eigenvalue weighted by atomic mass is 10.2. The molecule has 1 heterocycles. The lowest BCUT2D eigenvalue weighted by Crippen LogP contribution is -2.36. The predicted octanol–water partition coefficient (Wildman–Crippen LogP) is 3.98. The lowest BCUT2D eigenvalue weighted by molar-refractivity contribution is 0.336. The van der Waals surface area contributed by atoms with E-state index in [-0.39, 0.29) is 24.0 Å². The first-order valence-corrected chi connectivity index (χ1v) is 9.24. The highest BCUT2D eigenvalue weighted by Gasteiger charge is 2.05. The number of ether oxygens (including phenoxy) is 1. The highest BCUT2D eigenvalue weighted by molar-refractivity contribution is 14.0. The van der Waals surface area contributed by atoms with Gasteiger partial charge in [0.25, 0.3) is 0 Å². The van der Waals surface area contributed by atoms with E-state index >= 15 is 0 Å². The van der Waals surface area contributed by atoms with Gasteiger partial charge in [-0.3, -0.25) is 0 Å². The van der Waals surface area contributed by atoms with E-state index in [1.165, 1.54) is 4.88 Å². The molecule has 0 unspecified atom stereocenters. The molecule has 1 aromatic carbocycles. The minimum Gasteiger partial charge on any atom is -0.494 e. The maximum absolute atomic E-state index is 5.66. The Bertz CT molecular complexity index is 660. The Balaban J connectivity index is 0.00000312. The van der Waals surface area contributed by atoms with Crippen molar-refractivity contribution >= 4 is 41.3 Å². The molecular formula is C18H27IN4OS. The van der Waals surface area contributed by atoms with E-state index in [1.807, 2.05) is 37.4 Å². The average Bonchev–Trinajstić information content (AvgIpc) is 3.07. The van der Waals surface area contributed by atoms with E-state index < -0.39 is 0 Å². The third-order valence-electron chi connectivity index (χ3n) is 3.38. The molecule has 2 rings (SSSR count). The molecule has 0 atom stereocenters. The van der Waals surface area contributed by atoms with Gasteiger partial charge in [0.15, 0.2) is 5.96 Å². The lowest BCUT2D eigenvalue weighted by Gasteiger charge is -2.11. The molecule has 1 aromatic heterocycles. The average molecular weight is 474 g/mol. The summed E-state index contributed by atoms with van der Waals surface area (Å²) < 4.78 is 5.66. The Labute approximate surface area is 171 Å². The Morgan fingerprint density at radius 3 is 2.68 bits per heavy atom. The molecule has 0 saturated heterocycles. The van der Waals surface area contributed by atoms with E-state index in [0.717, 1.165) is 35.2 Å². The van der Waals surface area contributed by atoms with Crippen molar-refractivity contribution in [2.45, 2.75) is 40.3 Å². The highest BCUT2D eigenvalue weighted by Crippen LogP contribution is 2.18. The summed E-state index contributed by atoms with van der Waals surface area (Å²) in [7, 11) is 0. The summed E-state index contributed by atoms with van der Waals surface area (Å²) in [6.07, 6.45) is 2.98. The minimum absolute atomic E-state index is 0. The van der Waals surface area contributed by atoms with Crippen LogP contribution < -0.4 is 15.4 Å². The molecule has 0 spiro atoms. The molecule has 0 radical (unpaired) electrons. The SMILES string of the molecule is CCNC(=NCc1ccccc1OCC)NCc1ncc(CC)s1.I. The Morgan fingerprint density at radius 2 is 2.00 bits per heavy atom. The van der Waals surface area contributed by atoms with E-state index in [0.29, 0.717) is 19.7 Å². The highest BCUT2D eigenvalue weighted by atomic mass is 127. The van der Waals surface area contributed by atoms with Crippen LogP contribution in [-0.2, 0) is 19.5 Å². The van der Waals surface area contributed by atoms with Gasteiger partial charge in [-0.25, -0.2) is 9.98 Å². The van der Waals surface area contributed by atoms with Crippen LogP contribution >= 0.6 is 35.3 Å². The van der Waals surface area contributed by atoms with Gasteiger partial charge in [-0.05, 0) is 26.3 Å². The van der Waals surface area contributed by atoms with Crippen LogP contribution in [0.5, 0.6) is 5.75 Å². The summed E-state index contributed by atoms with van der Waals surface area (Å²) in [4.78, 5) is 10.4. The van der Waals surface area contributed by atoms with Gasteiger partial charge in [0.2, 0.25) is 0 Å². The van der Waals surface area contributed by atoms with Gasteiger partial charge in [0.05, 0.1) is 19.7 Å². The van der Waals surface area contributed by atoms with Crippen LogP contribution in [0.25, 0.3) is 0 Å². The molecule has 25 heavy (non-hydrogen) atoms. The van der Waals surface area contributed by atoms with Crippen molar-refractivity contribution < 1.29 is 4.74 Å². The van der Waals surface area contributed by atoms with Crippen molar-refractivity contribution in [2.24, 2.45) is 4.99 Å². The molecule has 2 N–H and O–H groups in total. The Kier molecular flexibility index (Phi) is 10.5. The van der Waals surface area contributed by atoms with E-state index in [9.17, 15) is 0 Å². The topological polar surface area (TPSA) is 58.5 Å². The van der Waals surface area contributed by atoms with Crippen LogP contribution in [0.15, 0.2) is 35.5 Å². The number of rotatable bonds is 8. The fraction of sp³-hybridized carbons (Fsp3) is 0.444. The first-order valence-electron chi connectivity index (χ1n) is 8.43. The smallest absolute Gasteiger partial charge is 0.191 e. The molecule has 0 fully saturated rings. The Hall–Kier alpha value is -1.35.